The highest BCUT2D eigenvalue weighted by Gasteiger charge is 1.87. The molecule has 0 aromatic carbocycles. The summed E-state index contributed by atoms with van der Waals surface area (Å²) >= 11 is 0. The molecule has 0 rings (SSSR count). The average Bonchev–Trinajstić information content (AvgIpc) is 2.22. The third kappa shape index (κ3) is 7.71. The Morgan fingerprint density at radius 2 is 1.79 bits per heavy atom. The molecule has 0 fully saturated rings. The van der Waals surface area contributed by atoms with E-state index >= 15 is 0 Å². The third-order valence-corrected chi connectivity index (χ3v) is 2.00. The molecule has 0 saturated heterocycles. The number of hydrogen-bond acceptors (Lipinski definition) is 2. The summed E-state index contributed by atoms with van der Waals surface area (Å²) in [7, 11) is 3.20. The van der Waals surface area contributed by atoms with Crippen molar-refractivity contribution in [3.63, 3.8) is 0 Å². The van der Waals surface area contributed by atoms with E-state index in [1.807, 2.05) is 12.2 Å². The Morgan fingerprint density at radius 3 is 2.36 bits per heavy atom. The summed E-state index contributed by atoms with van der Waals surface area (Å²) < 4.78 is 9.86. The van der Waals surface area contributed by atoms with Crippen molar-refractivity contribution in [2.45, 2.75) is 39.0 Å². The zero-order valence-electron chi connectivity index (χ0n) is 9.58. The molecule has 0 N–H and O–H groups in total. The normalized spacial score (nSPS) is 10.2. The van der Waals surface area contributed by atoms with Crippen LogP contribution in [0.25, 0.3) is 0 Å². The van der Waals surface area contributed by atoms with Crippen LogP contribution in [0.5, 0.6) is 0 Å². The maximum absolute atomic E-state index is 4.93. The molecule has 0 aliphatic carbocycles. The smallest absolute Gasteiger partial charge is 0.278 e. The van der Waals surface area contributed by atoms with Crippen molar-refractivity contribution in [2.75, 3.05) is 14.2 Å². The minimum absolute atomic E-state index is 0.551. The summed E-state index contributed by atoms with van der Waals surface area (Å²) in [6.07, 6.45) is 12.3. The van der Waals surface area contributed by atoms with E-state index in [0.29, 0.717) is 5.95 Å². The van der Waals surface area contributed by atoms with E-state index in [4.69, 9.17) is 9.47 Å². The second-order valence-electron chi connectivity index (χ2n) is 3.17. The van der Waals surface area contributed by atoms with Gasteiger partial charge in [0.15, 0.2) is 0 Å². The molecular formula is C12H22O2. The molecule has 0 aromatic rings. The second-order valence-corrected chi connectivity index (χ2v) is 3.17. The van der Waals surface area contributed by atoms with Crippen LogP contribution in [0.2, 0.25) is 0 Å². The Bertz CT molecular complexity index is 165. The minimum Gasteiger partial charge on any atom is -0.469 e. The predicted molar refractivity (Wildman–Crippen MR) is 60.0 cm³/mol. The summed E-state index contributed by atoms with van der Waals surface area (Å²) in [5.41, 5.74) is 0. The van der Waals surface area contributed by atoms with Gasteiger partial charge in [0.1, 0.15) is 0 Å². The lowest BCUT2D eigenvalue weighted by molar-refractivity contribution is 0.0956. The molecule has 0 amide bonds. The highest BCUT2D eigenvalue weighted by Crippen LogP contribution is 2.03. The number of hydrogen-bond donors (Lipinski definition) is 0. The van der Waals surface area contributed by atoms with E-state index in [1.165, 1.54) is 25.7 Å². The van der Waals surface area contributed by atoms with Gasteiger partial charge < -0.3 is 9.47 Å². The lowest BCUT2D eigenvalue weighted by Crippen LogP contribution is -1.87. The van der Waals surface area contributed by atoms with Crippen molar-refractivity contribution in [2.24, 2.45) is 0 Å². The van der Waals surface area contributed by atoms with Gasteiger partial charge in [0.2, 0.25) is 0 Å². The number of allylic oxidation sites excluding steroid dienone is 3. The van der Waals surface area contributed by atoms with Crippen LogP contribution in [-0.4, -0.2) is 14.2 Å². The standard InChI is InChI=1S/C12H22O2/c1-4-5-6-7-8-9-10-11-12(13-2)14-3/h9-11H,4-8H2,1-3H3. The van der Waals surface area contributed by atoms with E-state index in [2.05, 4.69) is 13.0 Å². The van der Waals surface area contributed by atoms with Gasteiger partial charge in [-0.15, -0.1) is 0 Å². The van der Waals surface area contributed by atoms with Gasteiger partial charge in [0.05, 0.1) is 14.2 Å². The predicted octanol–water partition coefficient (Wildman–Crippen LogP) is 3.65. The fraction of sp³-hybridized carbons (Fsp3) is 0.667. The van der Waals surface area contributed by atoms with Crippen LogP contribution < -0.4 is 0 Å². The quantitative estimate of drug-likeness (QED) is 0.337. The molecule has 14 heavy (non-hydrogen) atoms. The highest BCUT2D eigenvalue weighted by atomic mass is 16.7. The van der Waals surface area contributed by atoms with Crippen LogP contribution in [0.1, 0.15) is 39.0 Å². The third-order valence-electron chi connectivity index (χ3n) is 2.00. The van der Waals surface area contributed by atoms with Crippen molar-refractivity contribution in [1.29, 1.82) is 0 Å². The molecule has 0 heterocycles. The summed E-state index contributed by atoms with van der Waals surface area (Å²) in [6, 6.07) is 0. The van der Waals surface area contributed by atoms with Crippen molar-refractivity contribution in [3.05, 3.63) is 24.2 Å². The zero-order chi connectivity index (χ0) is 10.6. The Hall–Kier alpha value is -0.920. The second kappa shape index (κ2) is 10.2. The van der Waals surface area contributed by atoms with Crippen molar-refractivity contribution < 1.29 is 9.47 Å². The Labute approximate surface area is 87.6 Å². The summed E-state index contributed by atoms with van der Waals surface area (Å²) in [6.45, 7) is 2.22. The zero-order valence-corrected chi connectivity index (χ0v) is 9.58. The van der Waals surface area contributed by atoms with Gasteiger partial charge in [-0.25, -0.2) is 0 Å². The lowest BCUT2D eigenvalue weighted by atomic mass is 10.1. The van der Waals surface area contributed by atoms with E-state index in [-0.39, 0.29) is 0 Å². The molecule has 2 heteroatoms. The molecule has 0 atom stereocenters. The van der Waals surface area contributed by atoms with Gasteiger partial charge in [0.25, 0.3) is 5.95 Å². The van der Waals surface area contributed by atoms with Gasteiger partial charge in [-0.2, -0.15) is 0 Å². The Balaban J connectivity index is 3.47. The minimum atomic E-state index is 0.551. The number of ether oxygens (including phenoxy) is 2. The fourth-order valence-electron chi connectivity index (χ4n) is 1.15. The monoisotopic (exact) mass is 198 g/mol. The van der Waals surface area contributed by atoms with E-state index in [9.17, 15) is 0 Å². The van der Waals surface area contributed by atoms with Crippen LogP contribution in [0, 0.1) is 0 Å². The Kier molecular flexibility index (Phi) is 9.49. The lowest BCUT2D eigenvalue weighted by Gasteiger charge is -2.00. The van der Waals surface area contributed by atoms with Gasteiger partial charge in [-0.3, -0.25) is 0 Å². The van der Waals surface area contributed by atoms with Gasteiger partial charge >= 0.3 is 0 Å². The van der Waals surface area contributed by atoms with Gasteiger partial charge in [-0.05, 0) is 12.8 Å². The first-order valence-electron chi connectivity index (χ1n) is 5.30. The highest BCUT2D eigenvalue weighted by molar-refractivity contribution is 5.03. The topological polar surface area (TPSA) is 18.5 Å². The number of unbranched alkanes of at least 4 members (excludes halogenated alkanes) is 4. The van der Waals surface area contributed by atoms with E-state index in [1.54, 1.807) is 14.2 Å². The van der Waals surface area contributed by atoms with Crippen LogP contribution in [-0.2, 0) is 9.47 Å². The molecular weight excluding hydrogens is 176 g/mol. The van der Waals surface area contributed by atoms with E-state index < -0.39 is 0 Å². The first kappa shape index (κ1) is 13.1. The van der Waals surface area contributed by atoms with Gasteiger partial charge in [-0.1, -0.05) is 38.3 Å². The molecule has 0 bridgehead atoms. The fourth-order valence-corrected chi connectivity index (χ4v) is 1.15. The molecule has 0 aromatic heterocycles. The van der Waals surface area contributed by atoms with Crippen molar-refractivity contribution in [3.8, 4) is 0 Å². The van der Waals surface area contributed by atoms with Crippen LogP contribution >= 0.6 is 0 Å². The van der Waals surface area contributed by atoms with Crippen molar-refractivity contribution in [1.82, 2.24) is 0 Å². The van der Waals surface area contributed by atoms with Crippen LogP contribution in [0.4, 0.5) is 0 Å². The maximum atomic E-state index is 4.93. The summed E-state index contributed by atoms with van der Waals surface area (Å²) in [4.78, 5) is 0. The first-order valence-corrected chi connectivity index (χ1v) is 5.30. The molecule has 0 aliphatic heterocycles. The summed E-state index contributed by atoms with van der Waals surface area (Å²) in [5.74, 6) is 0.551. The summed E-state index contributed by atoms with van der Waals surface area (Å²) in [5, 5.41) is 0. The van der Waals surface area contributed by atoms with Crippen LogP contribution in [0.15, 0.2) is 24.2 Å². The molecule has 0 radical (unpaired) electrons. The van der Waals surface area contributed by atoms with Gasteiger partial charge in [0, 0.05) is 6.08 Å². The molecule has 0 aliphatic rings. The molecule has 82 valence electrons. The van der Waals surface area contributed by atoms with E-state index in [0.717, 1.165) is 6.42 Å². The number of methoxy groups -OCH3 is 2. The maximum Gasteiger partial charge on any atom is 0.278 e. The molecule has 0 unspecified atom stereocenters. The SMILES string of the molecule is CCCCCCC=CC=C(OC)OC. The molecule has 0 saturated carbocycles. The number of rotatable bonds is 8. The van der Waals surface area contributed by atoms with Crippen LogP contribution in [0.3, 0.4) is 0 Å². The first-order chi connectivity index (χ1) is 6.85. The van der Waals surface area contributed by atoms with Crippen molar-refractivity contribution >= 4 is 0 Å². The average molecular weight is 198 g/mol. The molecule has 2 nitrogen and oxygen atoms in total. The Morgan fingerprint density at radius 1 is 1.07 bits per heavy atom. The largest absolute Gasteiger partial charge is 0.469 e. The molecule has 0 spiro atoms.